The summed E-state index contributed by atoms with van der Waals surface area (Å²) in [4.78, 5) is 15.2. The highest BCUT2D eigenvalue weighted by molar-refractivity contribution is 6.88. The van der Waals surface area contributed by atoms with Crippen molar-refractivity contribution in [1.29, 1.82) is 0 Å². The summed E-state index contributed by atoms with van der Waals surface area (Å²) in [7, 11) is -1.43. The summed E-state index contributed by atoms with van der Waals surface area (Å²) in [6.45, 7) is 16.5. The van der Waals surface area contributed by atoms with Gasteiger partial charge in [0.15, 0.2) is 17.5 Å². The normalized spacial score (nSPS) is 14.8. The van der Waals surface area contributed by atoms with Crippen molar-refractivity contribution in [2.75, 3.05) is 0 Å². The van der Waals surface area contributed by atoms with Gasteiger partial charge in [-0.3, -0.25) is 0 Å². The Hall–Kier alpha value is -5.45. The van der Waals surface area contributed by atoms with Crippen molar-refractivity contribution < 1.29 is 0 Å². The fourth-order valence-corrected chi connectivity index (χ4v) is 9.58. The second-order valence-corrected chi connectivity index (χ2v) is 21.7. The van der Waals surface area contributed by atoms with Crippen molar-refractivity contribution in [1.82, 2.24) is 15.0 Å². The van der Waals surface area contributed by atoms with E-state index in [-0.39, 0.29) is 10.8 Å². The molecule has 0 unspecified atom stereocenters. The van der Waals surface area contributed by atoms with E-state index in [2.05, 4.69) is 163 Å². The van der Waals surface area contributed by atoms with Gasteiger partial charge in [-0.25, -0.2) is 15.0 Å². The lowest BCUT2D eigenvalue weighted by Crippen LogP contribution is -2.37. The average molecular weight is 690 g/mol. The first kappa shape index (κ1) is 32.5. The minimum atomic E-state index is -1.43. The van der Waals surface area contributed by atoms with Gasteiger partial charge >= 0.3 is 0 Å². The van der Waals surface area contributed by atoms with Crippen LogP contribution in [-0.4, -0.2) is 23.0 Å². The molecular formula is C48H43N3Si. The van der Waals surface area contributed by atoms with Crippen LogP contribution < -0.4 is 5.19 Å². The minimum Gasteiger partial charge on any atom is -0.208 e. The van der Waals surface area contributed by atoms with E-state index in [9.17, 15) is 0 Å². The standard InChI is InChI=1S/C48H43N3Si/c1-47(2)40-16-12-11-15-36(40)37-24-19-32(27-41(37)47)33-20-25-38-39-26-21-34(29-43(39)48(3,4)42(38)28-33)46-50-44(30-13-9-8-10-14-30)49-45(51-46)31-17-22-35(23-18-31)52(5,6)7/h8-29H,1-7H3. The predicted molar refractivity (Wildman–Crippen MR) is 220 cm³/mol. The maximum Gasteiger partial charge on any atom is 0.164 e. The van der Waals surface area contributed by atoms with E-state index in [0.717, 1.165) is 16.7 Å². The van der Waals surface area contributed by atoms with Gasteiger partial charge in [0.2, 0.25) is 0 Å². The summed E-state index contributed by atoms with van der Waals surface area (Å²) in [5.74, 6) is 2.07. The monoisotopic (exact) mass is 689 g/mol. The highest BCUT2D eigenvalue weighted by Gasteiger charge is 2.37. The van der Waals surface area contributed by atoms with Gasteiger partial charge < -0.3 is 0 Å². The summed E-state index contributed by atoms with van der Waals surface area (Å²) >= 11 is 0. The van der Waals surface area contributed by atoms with Crippen LogP contribution in [0.25, 0.3) is 67.5 Å². The molecule has 9 rings (SSSR count). The molecule has 4 heteroatoms. The fourth-order valence-electron chi connectivity index (χ4n) is 8.41. The van der Waals surface area contributed by atoms with E-state index in [4.69, 9.17) is 15.0 Å². The first-order valence-corrected chi connectivity index (χ1v) is 21.9. The van der Waals surface area contributed by atoms with Crippen LogP contribution in [0, 0.1) is 0 Å². The molecule has 7 aromatic rings. The molecule has 2 aliphatic rings. The van der Waals surface area contributed by atoms with E-state index in [0.29, 0.717) is 17.5 Å². The predicted octanol–water partition coefficient (Wildman–Crippen LogP) is 11.7. The summed E-state index contributed by atoms with van der Waals surface area (Å²) in [6, 6.07) is 48.8. The van der Waals surface area contributed by atoms with Gasteiger partial charge in [-0.1, -0.05) is 168 Å². The number of hydrogen-bond donors (Lipinski definition) is 0. The van der Waals surface area contributed by atoms with Gasteiger partial charge in [0, 0.05) is 27.5 Å². The maximum absolute atomic E-state index is 5.11. The Morgan fingerprint density at radius 2 is 0.750 bits per heavy atom. The summed E-state index contributed by atoms with van der Waals surface area (Å²) < 4.78 is 0. The Morgan fingerprint density at radius 1 is 0.365 bits per heavy atom. The van der Waals surface area contributed by atoms with Gasteiger partial charge in [0.25, 0.3) is 0 Å². The number of benzene rings is 6. The molecule has 0 spiro atoms. The first-order chi connectivity index (χ1) is 24.9. The van der Waals surface area contributed by atoms with Crippen LogP contribution in [0.3, 0.4) is 0 Å². The molecule has 1 heterocycles. The van der Waals surface area contributed by atoms with E-state index in [1.807, 2.05) is 18.2 Å². The van der Waals surface area contributed by atoms with Crippen molar-refractivity contribution in [2.45, 2.75) is 58.2 Å². The summed E-state index contributed by atoms with van der Waals surface area (Å²) in [5, 5.41) is 1.42. The van der Waals surface area contributed by atoms with E-state index in [1.54, 1.807) is 0 Å². The lowest BCUT2D eigenvalue weighted by atomic mass is 9.80. The van der Waals surface area contributed by atoms with E-state index in [1.165, 1.54) is 60.8 Å². The van der Waals surface area contributed by atoms with Crippen molar-refractivity contribution in [3.05, 3.63) is 156 Å². The number of nitrogens with zero attached hydrogens (tertiary/aromatic N) is 3. The summed E-state index contributed by atoms with van der Waals surface area (Å²) in [6.07, 6.45) is 0. The third-order valence-electron chi connectivity index (χ3n) is 11.5. The zero-order valence-corrected chi connectivity index (χ0v) is 32.0. The Bertz CT molecular complexity index is 2540. The molecule has 0 radical (unpaired) electrons. The lowest BCUT2D eigenvalue weighted by Gasteiger charge is -2.23. The Kier molecular flexibility index (Phi) is 7.19. The molecule has 52 heavy (non-hydrogen) atoms. The molecule has 0 fully saturated rings. The smallest absolute Gasteiger partial charge is 0.164 e. The van der Waals surface area contributed by atoms with Crippen LogP contribution in [0.1, 0.15) is 49.9 Å². The topological polar surface area (TPSA) is 38.7 Å². The van der Waals surface area contributed by atoms with Gasteiger partial charge in [0.1, 0.15) is 0 Å². The molecule has 2 aliphatic carbocycles. The third-order valence-corrected chi connectivity index (χ3v) is 13.6. The lowest BCUT2D eigenvalue weighted by molar-refractivity contribution is 0.659. The molecule has 0 bridgehead atoms. The molecule has 0 N–H and O–H groups in total. The zero-order valence-electron chi connectivity index (χ0n) is 31.0. The molecule has 0 atom stereocenters. The van der Waals surface area contributed by atoms with Crippen LogP contribution in [0.15, 0.2) is 133 Å². The van der Waals surface area contributed by atoms with Gasteiger partial charge in [-0.2, -0.15) is 0 Å². The molecule has 0 saturated heterocycles. The van der Waals surface area contributed by atoms with Gasteiger partial charge in [-0.15, -0.1) is 0 Å². The maximum atomic E-state index is 5.11. The number of aromatic nitrogens is 3. The second kappa shape index (κ2) is 11.5. The van der Waals surface area contributed by atoms with Crippen LogP contribution in [-0.2, 0) is 10.8 Å². The molecule has 1 aromatic heterocycles. The van der Waals surface area contributed by atoms with Crippen LogP contribution >= 0.6 is 0 Å². The molecule has 0 aliphatic heterocycles. The van der Waals surface area contributed by atoms with Crippen molar-refractivity contribution in [2.24, 2.45) is 0 Å². The molecule has 0 saturated carbocycles. The second-order valence-electron chi connectivity index (χ2n) is 16.6. The number of rotatable bonds is 5. The highest BCUT2D eigenvalue weighted by atomic mass is 28.3. The average Bonchev–Trinajstić information content (AvgIpc) is 3.53. The third kappa shape index (κ3) is 5.11. The summed E-state index contributed by atoms with van der Waals surface area (Å²) in [5.41, 5.74) is 16.0. The SMILES string of the molecule is CC1(C)c2ccccc2-c2ccc(-c3ccc4c(c3)C(C)(C)c3cc(-c5nc(-c6ccccc6)nc(-c6ccc([Si](C)(C)C)cc6)n5)ccc3-4)cc21. The molecule has 0 amide bonds. The molecular weight excluding hydrogens is 647 g/mol. The quantitative estimate of drug-likeness (QED) is 0.169. The first-order valence-electron chi connectivity index (χ1n) is 18.4. The largest absolute Gasteiger partial charge is 0.208 e. The van der Waals surface area contributed by atoms with Crippen molar-refractivity contribution in [3.63, 3.8) is 0 Å². The zero-order chi connectivity index (χ0) is 36.0. The Labute approximate surface area is 308 Å². The molecule has 3 nitrogen and oxygen atoms in total. The van der Waals surface area contributed by atoms with E-state index < -0.39 is 8.07 Å². The van der Waals surface area contributed by atoms with Crippen LogP contribution in [0.4, 0.5) is 0 Å². The van der Waals surface area contributed by atoms with Crippen LogP contribution in [0.2, 0.25) is 19.6 Å². The van der Waals surface area contributed by atoms with Crippen molar-refractivity contribution >= 4 is 13.3 Å². The van der Waals surface area contributed by atoms with Gasteiger partial charge in [0.05, 0.1) is 8.07 Å². The van der Waals surface area contributed by atoms with Gasteiger partial charge in [-0.05, 0) is 73.8 Å². The molecule has 6 aromatic carbocycles. The minimum absolute atomic E-state index is 0.0305. The Balaban J connectivity index is 1.11. The number of fused-ring (bicyclic) bond motifs is 6. The van der Waals surface area contributed by atoms with Crippen LogP contribution in [0.5, 0.6) is 0 Å². The number of hydrogen-bond acceptors (Lipinski definition) is 3. The van der Waals surface area contributed by atoms with Crippen molar-refractivity contribution in [3.8, 4) is 67.5 Å². The van der Waals surface area contributed by atoms with E-state index >= 15 is 0 Å². The fraction of sp³-hybridized carbons (Fsp3) is 0.188. The highest BCUT2D eigenvalue weighted by Crippen LogP contribution is 2.52. The molecule has 254 valence electrons. The Morgan fingerprint density at radius 3 is 1.29 bits per heavy atom.